The van der Waals surface area contributed by atoms with Crippen molar-refractivity contribution in [1.29, 1.82) is 0 Å². The maximum atomic E-state index is 6.26. The van der Waals surface area contributed by atoms with Crippen molar-refractivity contribution < 1.29 is 0 Å². The van der Waals surface area contributed by atoms with Gasteiger partial charge in [-0.25, -0.2) is 0 Å². The minimum atomic E-state index is 0.0943. The lowest BCUT2D eigenvalue weighted by Crippen LogP contribution is -2.33. The number of aromatic nitrogens is 2. The van der Waals surface area contributed by atoms with Crippen LogP contribution in [0.4, 0.5) is 0 Å². The van der Waals surface area contributed by atoms with E-state index in [0.29, 0.717) is 0 Å². The van der Waals surface area contributed by atoms with Crippen LogP contribution in [0.15, 0.2) is 12.4 Å². The van der Waals surface area contributed by atoms with E-state index in [-0.39, 0.29) is 6.04 Å². The molecular formula is C14H26N4. The summed E-state index contributed by atoms with van der Waals surface area (Å²) in [5.74, 6) is 0.921. The summed E-state index contributed by atoms with van der Waals surface area (Å²) >= 11 is 0. The molecule has 1 aliphatic heterocycles. The second kappa shape index (κ2) is 6.34. The molecule has 0 radical (unpaired) electrons. The highest BCUT2D eigenvalue weighted by Crippen LogP contribution is 2.21. The molecule has 1 aromatic rings. The highest BCUT2D eigenvalue weighted by molar-refractivity contribution is 5.10. The van der Waals surface area contributed by atoms with Crippen LogP contribution in [-0.2, 0) is 7.05 Å². The first-order chi connectivity index (χ1) is 8.69. The van der Waals surface area contributed by atoms with Gasteiger partial charge in [0.1, 0.15) is 0 Å². The van der Waals surface area contributed by atoms with Gasteiger partial charge in [0, 0.05) is 31.4 Å². The summed E-state index contributed by atoms with van der Waals surface area (Å²) in [6.07, 6.45) is 9.26. The molecule has 0 aliphatic carbocycles. The van der Waals surface area contributed by atoms with Crippen LogP contribution in [0.25, 0.3) is 0 Å². The van der Waals surface area contributed by atoms with Crippen molar-refractivity contribution in [1.82, 2.24) is 14.7 Å². The van der Waals surface area contributed by atoms with Gasteiger partial charge >= 0.3 is 0 Å². The standard InChI is InChI=1S/C14H26N4/c1-3-12-5-4-7-18(8-6-12)11-14(15)13-9-16-17(2)10-13/h9-10,12,14H,3-8,11,15H2,1-2H3. The van der Waals surface area contributed by atoms with Crippen molar-refractivity contribution in [3.63, 3.8) is 0 Å². The van der Waals surface area contributed by atoms with Gasteiger partial charge in [-0.3, -0.25) is 4.68 Å². The maximum Gasteiger partial charge on any atom is 0.0537 e. The fourth-order valence-electron chi connectivity index (χ4n) is 2.83. The third-order valence-electron chi connectivity index (χ3n) is 4.13. The quantitative estimate of drug-likeness (QED) is 0.888. The van der Waals surface area contributed by atoms with Crippen LogP contribution in [0.3, 0.4) is 0 Å². The van der Waals surface area contributed by atoms with Crippen LogP contribution in [0, 0.1) is 5.92 Å². The first-order valence-corrected chi connectivity index (χ1v) is 7.15. The van der Waals surface area contributed by atoms with Gasteiger partial charge in [-0.15, -0.1) is 0 Å². The molecule has 2 unspecified atom stereocenters. The summed E-state index contributed by atoms with van der Waals surface area (Å²) < 4.78 is 1.82. The molecule has 1 saturated heterocycles. The van der Waals surface area contributed by atoms with E-state index in [9.17, 15) is 0 Å². The van der Waals surface area contributed by atoms with Crippen molar-refractivity contribution >= 4 is 0 Å². The second-order valence-corrected chi connectivity index (χ2v) is 5.56. The Hall–Kier alpha value is -0.870. The summed E-state index contributed by atoms with van der Waals surface area (Å²) in [6, 6.07) is 0.0943. The molecule has 2 atom stereocenters. The first kappa shape index (κ1) is 13.6. The van der Waals surface area contributed by atoms with Gasteiger partial charge in [0.2, 0.25) is 0 Å². The highest BCUT2D eigenvalue weighted by Gasteiger charge is 2.18. The van der Waals surface area contributed by atoms with Gasteiger partial charge in [-0.05, 0) is 38.3 Å². The molecule has 1 aromatic heterocycles. The average Bonchev–Trinajstić information content (AvgIpc) is 2.67. The Morgan fingerprint density at radius 3 is 2.94 bits per heavy atom. The number of likely N-dealkylation sites (tertiary alicyclic amines) is 1. The lowest BCUT2D eigenvalue weighted by molar-refractivity contribution is 0.263. The molecule has 4 heteroatoms. The van der Waals surface area contributed by atoms with Gasteiger partial charge in [0.15, 0.2) is 0 Å². The molecule has 1 aliphatic rings. The van der Waals surface area contributed by atoms with Crippen molar-refractivity contribution in [3.05, 3.63) is 18.0 Å². The Balaban J connectivity index is 1.85. The number of nitrogens with zero attached hydrogens (tertiary/aromatic N) is 3. The SMILES string of the molecule is CCC1CCCN(CC(N)c2cnn(C)c2)CC1. The highest BCUT2D eigenvalue weighted by atomic mass is 15.2. The van der Waals surface area contributed by atoms with Crippen LogP contribution < -0.4 is 5.73 Å². The molecule has 2 rings (SSSR count). The second-order valence-electron chi connectivity index (χ2n) is 5.56. The van der Waals surface area contributed by atoms with Crippen molar-refractivity contribution in [3.8, 4) is 0 Å². The lowest BCUT2D eigenvalue weighted by Gasteiger charge is -2.23. The van der Waals surface area contributed by atoms with Crippen LogP contribution in [0.1, 0.15) is 44.2 Å². The molecule has 102 valence electrons. The molecular weight excluding hydrogens is 224 g/mol. The lowest BCUT2D eigenvalue weighted by atomic mass is 9.98. The molecule has 0 spiro atoms. The molecule has 0 aromatic carbocycles. The van der Waals surface area contributed by atoms with Crippen molar-refractivity contribution in [2.45, 2.75) is 38.6 Å². The van der Waals surface area contributed by atoms with E-state index in [1.54, 1.807) is 0 Å². The average molecular weight is 250 g/mol. The molecule has 2 N–H and O–H groups in total. The maximum absolute atomic E-state index is 6.26. The molecule has 0 amide bonds. The van der Waals surface area contributed by atoms with E-state index in [2.05, 4.69) is 16.9 Å². The number of hydrogen-bond donors (Lipinski definition) is 1. The largest absolute Gasteiger partial charge is 0.323 e. The zero-order chi connectivity index (χ0) is 13.0. The Bertz CT molecular complexity index is 360. The zero-order valence-electron chi connectivity index (χ0n) is 11.7. The normalized spacial score (nSPS) is 23.8. The van der Waals surface area contributed by atoms with Gasteiger partial charge in [-0.1, -0.05) is 13.3 Å². The van der Waals surface area contributed by atoms with E-state index in [4.69, 9.17) is 5.73 Å². The molecule has 18 heavy (non-hydrogen) atoms. The first-order valence-electron chi connectivity index (χ1n) is 7.15. The summed E-state index contributed by atoms with van der Waals surface area (Å²) in [5.41, 5.74) is 7.41. The number of nitrogens with two attached hydrogens (primary N) is 1. The van der Waals surface area contributed by atoms with Crippen LogP contribution in [0.2, 0.25) is 0 Å². The minimum absolute atomic E-state index is 0.0943. The van der Waals surface area contributed by atoms with E-state index >= 15 is 0 Å². The zero-order valence-corrected chi connectivity index (χ0v) is 11.7. The van der Waals surface area contributed by atoms with Crippen LogP contribution in [-0.4, -0.2) is 34.3 Å². The predicted octanol–water partition coefficient (Wildman–Crippen LogP) is 1.93. The van der Waals surface area contributed by atoms with E-state index in [1.807, 2.05) is 24.1 Å². The van der Waals surface area contributed by atoms with Gasteiger partial charge in [0.05, 0.1) is 6.20 Å². The fourth-order valence-corrected chi connectivity index (χ4v) is 2.83. The fraction of sp³-hybridized carbons (Fsp3) is 0.786. The Labute approximate surface area is 110 Å². The number of rotatable bonds is 4. The van der Waals surface area contributed by atoms with E-state index in [1.165, 1.54) is 38.8 Å². The van der Waals surface area contributed by atoms with Crippen molar-refractivity contribution in [2.24, 2.45) is 18.7 Å². The number of aryl methyl sites for hydroxylation is 1. The van der Waals surface area contributed by atoms with Crippen LogP contribution in [0.5, 0.6) is 0 Å². The third kappa shape index (κ3) is 3.56. The topological polar surface area (TPSA) is 47.1 Å². The smallest absolute Gasteiger partial charge is 0.0537 e. The van der Waals surface area contributed by atoms with Gasteiger partial charge in [-0.2, -0.15) is 5.10 Å². The Morgan fingerprint density at radius 1 is 1.44 bits per heavy atom. The molecule has 1 fully saturated rings. The molecule has 2 heterocycles. The minimum Gasteiger partial charge on any atom is -0.323 e. The summed E-state index contributed by atoms with van der Waals surface area (Å²) in [6.45, 7) is 5.67. The molecule has 4 nitrogen and oxygen atoms in total. The van der Waals surface area contributed by atoms with E-state index in [0.717, 1.165) is 18.0 Å². The van der Waals surface area contributed by atoms with Gasteiger partial charge in [0.25, 0.3) is 0 Å². The van der Waals surface area contributed by atoms with Crippen LogP contribution >= 0.6 is 0 Å². The Morgan fingerprint density at radius 2 is 2.28 bits per heavy atom. The summed E-state index contributed by atoms with van der Waals surface area (Å²) in [5, 5.41) is 4.19. The molecule has 0 bridgehead atoms. The number of hydrogen-bond acceptors (Lipinski definition) is 3. The van der Waals surface area contributed by atoms with Gasteiger partial charge < -0.3 is 10.6 Å². The molecule has 0 saturated carbocycles. The Kier molecular flexibility index (Phi) is 4.78. The third-order valence-corrected chi connectivity index (χ3v) is 4.13. The predicted molar refractivity (Wildman–Crippen MR) is 74.2 cm³/mol. The summed E-state index contributed by atoms with van der Waals surface area (Å²) in [4.78, 5) is 2.52. The summed E-state index contributed by atoms with van der Waals surface area (Å²) in [7, 11) is 1.94. The van der Waals surface area contributed by atoms with E-state index < -0.39 is 0 Å². The van der Waals surface area contributed by atoms with Crippen molar-refractivity contribution in [2.75, 3.05) is 19.6 Å². The monoisotopic (exact) mass is 250 g/mol.